The highest BCUT2D eigenvalue weighted by molar-refractivity contribution is 5.55. The van der Waals surface area contributed by atoms with Crippen LogP contribution in [0.15, 0.2) is 4.99 Å². The van der Waals surface area contributed by atoms with Crippen LogP contribution in [0.2, 0.25) is 0 Å². The average molecular weight is 170 g/mol. The maximum absolute atomic E-state index is 4.45. The quantitative estimate of drug-likeness (QED) is 0.467. The second kappa shape index (κ2) is 5.18. The largest absolute Gasteiger partial charge is 0.363 e. The third-order valence-corrected chi connectivity index (χ3v) is 1.53. The van der Waals surface area contributed by atoms with Crippen LogP contribution in [0, 0.1) is 0 Å². The van der Waals surface area contributed by atoms with Crippen LogP contribution in [-0.4, -0.2) is 29.9 Å². The van der Waals surface area contributed by atoms with Crippen LogP contribution >= 0.6 is 0 Å². The summed E-state index contributed by atoms with van der Waals surface area (Å²) in [5.74, 6) is 0. The lowest BCUT2D eigenvalue weighted by Gasteiger charge is -2.19. The highest BCUT2D eigenvalue weighted by Gasteiger charge is 2.05. The maximum Gasteiger partial charge on any atom is 0.0856 e. The third-order valence-electron chi connectivity index (χ3n) is 1.53. The molecular weight excluding hydrogens is 148 g/mol. The Morgan fingerprint density at radius 1 is 1.25 bits per heavy atom. The van der Waals surface area contributed by atoms with Crippen molar-refractivity contribution in [2.24, 2.45) is 4.99 Å². The van der Waals surface area contributed by atoms with E-state index in [9.17, 15) is 0 Å². The fourth-order valence-corrected chi connectivity index (χ4v) is 0.840. The lowest BCUT2D eigenvalue weighted by molar-refractivity contribution is 0.442. The molecule has 0 aliphatic heterocycles. The number of aliphatic imine (C=N–C) groups is 1. The van der Waals surface area contributed by atoms with Gasteiger partial charge in [0.2, 0.25) is 0 Å². The summed E-state index contributed by atoms with van der Waals surface area (Å²) in [5.41, 5.74) is 0.0567. The summed E-state index contributed by atoms with van der Waals surface area (Å²) in [6, 6.07) is 0. The van der Waals surface area contributed by atoms with Gasteiger partial charge in [-0.2, -0.15) is 0 Å². The molecule has 0 aromatic carbocycles. The number of hydrogen-bond acceptors (Lipinski definition) is 1. The second-order valence-electron chi connectivity index (χ2n) is 4.04. The van der Waals surface area contributed by atoms with E-state index in [1.54, 1.807) is 0 Å². The van der Waals surface area contributed by atoms with Crippen LogP contribution < -0.4 is 0 Å². The van der Waals surface area contributed by atoms with E-state index in [2.05, 4.69) is 44.5 Å². The molecule has 0 bridgehead atoms. The fraction of sp³-hybridized carbons (Fsp3) is 0.900. The van der Waals surface area contributed by atoms with E-state index in [1.807, 2.05) is 6.34 Å². The topological polar surface area (TPSA) is 15.6 Å². The van der Waals surface area contributed by atoms with Crippen molar-refractivity contribution in [2.45, 2.75) is 46.6 Å². The predicted octanol–water partition coefficient (Wildman–Crippen LogP) is 2.55. The molecule has 0 N–H and O–H groups in total. The Balaban J connectivity index is 3.92. The third kappa shape index (κ3) is 6.20. The van der Waals surface area contributed by atoms with Crippen LogP contribution in [0.25, 0.3) is 0 Å². The Bertz CT molecular complexity index is 133. The van der Waals surface area contributed by atoms with Gasteiger partial charge in [-0.15, -0.1) is 0 Å². The van der Waals surface area contributed by atoms with Gasteiger partial charge in [0, 0.05) is 13.1 Å². The van der Waals surface area contributed by atoms with Gasteiger partial charge in [-0.3, -0.25) is 4.99 Å². The molecule has 0 radical (unpaired) electrons. The van der Waals surface area contributed by atoms with E-state index >= 15 is 0 Å². The van der Waals surface area contributed by atoms with Crippen LogP contribution in [0.5, 0.6) is 0 Å². The molecule has 2 heteroatoms. The summed E-state index contributed by atoms with van der Waals surface area (Å²) in [4.78, 5) is 6.69. The Kier molecular flexibility index (Phi) is 4.95. The van der Waals surface area contributed by atoms with E-state index < -0.39 is 0 Å². The van der Waals surface area contributed by atoms with Gasteiger partial charge in [0.25, 0.3) is 0 Å². The molecule has 0 saturated carbocycles. The molecule has 0 spiro atoms. The first-order chi connectivity index (χ1) is 5.49. The van der Waals surface area contributed by atoms with Gasteiger partial charge in [-0.1, -0.05) is 6.92 Å². The van der Waals surface area contributed by atoms with Crippen molar-refractivity contribution in [1.82, 2.24) is 4.90 Å². The first kappa shape index (κ1) is 11.5. The zero-order chi connectivity index (χ0) is 9.61. The molecule has 2 nitrogen and oxygen atoms in total. The van der Waals surface area contributed by atoms with Gasteiger partial charge in [-0.25, -0.2) is 0 Å². The second-order valence-corrected chi connectivity index (χ2v) is 4.04. The van der Waals surface area contributed by atoms with Crippen molar-refractivity contribution < 1.29 is 0 Å². The van der Waals surface area contributed by atoms with Crippen LogP contribution in [0.3, 0.4) is 0 Å². The Labute approximate surface area is 76.7 Å². The average Bonchev–Trinajstić information content (AvgIpc) is 1.96. The summed E-state index contributed by atoms with van der Waals surface area (Å²) >= 11 is 0. The van der Waals surface area contributed by atoms with E-state index in [0.29, 0.717) is 0 Å². The van der Waals surface area contributed by atoms with Crippen LogP contribution in [0.4, 0.5) is 0 Å². The van der Waals surface area contributed by atoms with E-state index in [4.69, 9.17) is 0 Å². The number of hydrogen-bond donors (Lipinski definition) is 0. The van der Waals surface area contributed by atoms with Crippen molar-refractivity contribution in [3.63, 3.8) is 0 Å². The van der Waals surface area contributed by atoms with E-state index in [-0.39, 0.29) is 5.54 Å². The summed E-state index contributed by atoms with van der Waals surface area (Å²) in [6.07, 6.45) is 3.16. The molecule has 0 fully saturated rings. The molecule has 0 amide bonds. The first-order valence-electron chi connectivity index (χ1n) is 4.79. The predicted molar refractivity (Wildman–Crippen MR) is 55.8 cm³/mol. The van der Waals surface area contributed by atoms with Crippen LogP contribution in [-0.2, 0) is 0 Å². The normalized spacial score (nSPS) is 12.4. The zero-order valence-electron chi connectivity index (χ0n) is 9.09. The molecule has 0 unspecified atom stereocenters. The van der Waals surface area contributed by atoms with Gasteiger partial charge < -0.3 is 4.90 Å². The van der Waals surface area contributed by atoms with Crippen molar-refractivity contribution in [2.75, 3.05) is 13.1 Å². The molecular formula is C10H22N2. The van der Waals surface area contributed by atoms with Crippen molar-refractivity contribution in [3.05, 3.63) is 0 Å². The minimum absolute atomic E-state index is 0.0567. The van der Waals surface area contributed by atoms with Crippen molar-refractivity contribution in [3.8, 4) is 0 Å². The Hall–Kier alpha value is -0.530. The summed E-state index contributed by atoms with van der Waals surface area (Å²) in [6.45, 7) is 12.8. The summed E-state index contributed by atoms with van der Waals surface area (Å²) < 4.78 is 0. The molecule has 0 saturated heterocycles. The number of rotatable bonds is 4. The Morgan fingerprint density at radius 3 is 2.17 bits per heavy atom. The van der Waals surface area contributed by atoms with Gasteiger partial charge >= 0.3 is 0 Å². The van der Waals surface area contributed by atoms with Crippen molar-refractivity contribution in [1.29, 1.82) is 0 Å². The fourth-order valence-electron chi connectivity index (χ4n) is 0.840. The molecule has 12 heavy (non-hydrogen) atoms. The molecule has 0 rings (SSSR count). The summed E-state index contributed by atoms with van der Waals surface area (Å²) in [7, 11) is 0. The smallest absolute Gasteiger partial charge is 0.0856 e. The highest BCUT2D eigenvalue weighted by atomic mass is 15.1. The molecule has 0 aromatic rings. The highest BCUT2D eigenvalue weighted by Crippen LogP contribution is 2.05. The van der Waals surface area contributed by atoms with Gasteiger partial charge in [0.05, 0.1) is 11.9 Å². The SMILES string of the molecule is CCCN(C=NC(C)(C)C)CC. The molecule has 0 aliphatic rings. The minimum atomic E-state index is 0.0567. The lowest BCUT2D eigenvalue weighted by atomic mass is 10.1. The first-order valence-corrected chi connectivity index (χ1v) is 4.79. The molecule has 0 aliphatic carbocycles. The van der Waals surface area contributed by atoms with E-state index in [1.165, 1.54) is 6.42 Å². The maximum atomic E-state index is 4.45. The molecule has 72 valence electrons. The van der Waals surface area contributed by atoms with Gasteiger partial charge in [0.1, 0.15) is 0 Å². The van der Waals surface area contributed by atoms with E-state index in [0.717, 1.165) is 13.1 Å². The Morgan fingerprint density at radius 2 is 1.83 bits per heavy atom. The molecule has 0 heterocycles. The zero-order valence-corrected chi connectivity index (χ0v) is 9.09. The minimum Gasteiger partial charge on any atom is -0.363 e. The van der Waals surface area contributed by atoms with Crippen LogP contribution in [0.1, 0.15) is 41.0 Å². The number of nitrogens with zero attached hydrogens (tertiary/aromatic N) is 2. The van der Waals surface area contributed by atoms with Gasteiger partial charge in [-0.05, 0) is 34.1 Å². The molecule has 0 aromatic heterocycles. The standard InChI is InChI=1S/C10H22N2/c1-6-8-12(7-2)9-11-10(3,4)5/h9H,6-8H2,1-5H3. The van der Waals surface area contributed by atoms with Gasteiger partial charge in [0.15, 0.2) is 0 Å². The molecule has 0 atom stereocenters. The van der Waals surface area contributed by atoms with Crippen molar-refractivity contribution >= 4 is 6.34 Å². The lowest BCUT2D eigenvalue weighted by Crippen LogP contribution is -2.24. The summed E-state index contributed by atoms with van der Waals surface area (Å²) in [5, 5.41) is 0. The monoisotopic (exact) mass is 170 g/mol.